The molecular formula is C17H21FNP. The first-order chi connectivity index (χ1) is 9.62. The smallest absolute Gasteiger partial charge is 0.123 e. The van der Waals surface area contributed by atoms with Gasteiger partial charge in [0.1, 0.15) is 5.82 Å². The minimum Gasteiger partial charge on any atom is -0.330 e. The van der Waals surface area contributed by atoms with E-state index in [9.17, 15) is 4.39 Å². The van der Waals surface area contributed by atoms with Crippen LogP contribution in [-0.4, -0.2) is 6.54 Å². The first kappa shape index (κ1) is 15.2. The molecule has 2 atom stereocenters. The minimum absolute atomic E-state index is 0.195. The van der Waals surface area contributed by atoms with Crippen molar-refractivity contribution in [2.45, 2.75) is 25.2 Å². The molecule has 2 rings (SSSR count). The highest BCUT2D eigenvalue weighted by Gasteiger charge is 2.32. The molecule has 2 N–H and O–H groups in total. The summed E-state index contributed by atoms with van der Waals surface area (Å²) in [7, 11) is 2.72. The molecule has 0 aliphatic carbocycles. The van der Waals surface area contributed by atoms with Crippen LogP contribution < -0.4 is 11.0 Å². The predicted octanol–water partition coefficient (Wildman–Crippen LogP) is 3.37. The van der Waals surface area contributed by atoms with E-state index in [-0.39, 0.29) is 11.2 Å². The molecule has 1 nitrogen and oxygen atoms in total. The maximum absolute atomic E-state index is 13.6. The third kappa shape index (κ3) is 2.92. The van der Waals surface area contributed by atoms with Crippen molar-refractivity contribution in [3.63, 3.8) is 0 Å². The van der Waals surface area contributed by atoms with Gasteiger partial charge in [-0.2, -0.15) is 0 Å². The summed E-state index contributed by atoms with van der Waals surface area (Å²) in [5.41, 5.74) is 7.82. The van der Waals surface area contributed by atoms with E-state index in [1.165, 1.54) is 11.6 Å². The summed E-state index contributed by atoms with van der Waals surface area (Å²) < 4.78 is 13.6. The lowest BCUT2D eigenvalue weighted by atomic mass is 9.70. The summed E-state index contributed by atoms with van der Waals surface area (Å²) in [6, 6.07) is 15.2. The fourth-order valence-corrected chi connectivity index (χ4v) is 3.20. The van der Waals surface area contributed by atoms with Gasteiger partial charge >= 0.3 is 0 Å². The molecule has 0 saturated heterocycles. The van der Waals surface area contributed by atoms with E-state index in [4.69, 9.17) is 5.73 Å². The van der Waals surface area contributed by atoms with Crippen LogP contribution in [0.5, 0.6) is 0 Å². The fourth-order valence-electron chi connectivity index (χ4n) is 2.91. The third-order valence-corrected chi connectivity index (χ3v) is 4.35. The second-order valence-electron chi connectivity index (χ2n) is 5.11. The SMILES string of the molecule is CCC(CCN)(c1cccc(F)c1)c1cccc(P)c1. The van der Waals surface area contributed by atoms with Gasteiger partial charge in [0.25, 0.3) is 0 Å². The van der Waals surface area contributed by atoms with Crippen LogP contribution in [0.25, 0.3) is 0 Å². The number of benzene rings is 2. The van der Waals surface area contributed by atoms with Gasteiger partial charge in [0.15, 0.2) is 0 Å². The molecule has 0 aliphatic heterocycles. The molecule has 0 radical (unpaired) electrons. The molecule has 0 fully saturated rings. The maximum Gasteiger partial charge on any atom is 0.123 e. The van der Waals surface area contributed by atoms with Crippen molar-refractivity contribution in [1.29, 1.82) is 0 Å². The largest absolute Gasteiger partial charge is 0.330 e. The van der Waals surface area contributed by atoms with Crippen LogP contribution in [-0.2, 0) is 5.41 Å². The molecule has 2 aromatic rings. The first-order valence-electron chi connectivity index (χ1n) is 6.94. The monoisotopic (exact) mass is 289 g/mol. The van der Waals surface area contributed by atoms with Gasteiger partial charge in [0.2, 0.25) is 0 Å². The summed E-state index contributed by atoms with van der Waals surface area (Å²) in [6.07, 6.45) is 1.70. The fraction of sp³-hybridized carbons (Fsp3) is 0.294. The van der Waals surface area contributed by atoms with Crippen LogP contribution in [0.2, 0.25) is 0 Å². The van der Waals surface area contributed by atoms with Crippen molar-refractivity contribution >= 4 is 14.5 Å². The number of hydrogen-bond acceptors (Lipinski definition) is 1. The summed E-state index contributed by atoms with van der Waals surface area (Å²) >= 11 is 0. The molecule has 0 amide bonds. The van der Waals surface area contributed by atoms with Crippen molar-refractivity contribution < 1.29 is 4.39 Å². The second kappa shape index (κ2) is 6.47. The van der Waals surface area contributed by atoms with E-state index >= 15 is 0 Å². The van der Waals surface area contributed by atoms with Crippen molar-refractivity contribution in [3.05, 3.63) is 65.5 Å². The van der Waals surface area contributed by atoms with Gasteiger partial charge in [0, 0.05) is 5.41 Å². The summed E-state index contributed by atoms with van der Waals surface area (Å²) in [5, 5.41) is 1.13. The van der Waals surface area contributed by atoms with Gasteiger partial charge < -0.3 is 5.73 Å². The predicted molar refractivity (Wildman–Crippen MR) is 86.9 cm³/mol. The van der Waals surface area contributed by atoms with Crippen molar-refractivity contribution in [2.24, 2.45) is 5.73 Å². The van der Waals surface area contributed by atoms with Gasteiger partial charge in [-0.25, -0.2) is 4.39 Å². The molecule has 0 heterocycles. The van der Waals surface area contributed by atoms with Crippen LogP contribution in [0.4, 0.5) is 4.39 Å². The second-order valence-corrected chi connectivity index (χ2v) is 5.78. The zero-order valence-electron chi connectivity index (χ0n) is 11.8. The van der Waals surface area contributed by atoms with Crippen molar-refractivity contribution in [1.82, 2.24) is 0 Å². The molecule has 20 heavy (non-hydrogen) atoms. The first-order valence-corrected chi connectivity index (χ1v) is 7.52. The number of hydrogen-bond donors (Lipinski definition) is 1. The summed E-state index contributed by atoms with van der Waals surface area (Å²) in [6.45, 7) is 2.71. The maximum atomic E-state index is 13.6. The Morgan fingerprint density at radius 2 is 1.75 bits per heavy atom. The lowest BCUT2D eigenvalue weighted by Gasteiger charge is -2.34. The molecular weight excluding hydrogens is 268 g/mol. The van der Waals surface area contributed by atoms with Crippen LogP contribution in [0.3, 0.4) is 0 Å². The molecule has 106 valence electrons. The lowest BCUT2D eigenvalue weighted by molar-refractivity contribution is 0.459. The highest BCUT2D eigenvalue weighted by molar-refractivity contribution is 7.27. The van der Waals surface area contributed by atoms with E-state index < -0.39 is 0 Å². The number of nitrogens with two attached hydrogens (primary N) is 1. The Balaban J connectivity index is 2.61. The normalized spacial score (nSPS) is 14.0. The van der Waals surface area contributed by atoms with Gasteiger partial charge in [-0.05, 0) is 48.0 Å². The Morgan fingerprint density at radius 3 is 2.30 bits per heavy atom. The average Bonchev–Trinajstić information content (AvgIpc) is 2.45. The topological polar surface area (TPSA) is 26.0 Å². The minimum atomic E-state index is -0.219. The Labute approximate surface area is 122 Å². The quantitative estimate of drug-likeness (QED) is 0.839. The van der Waals surface area contributed by atoms with Crippen LogP contribution in [0, 0.1) is 5.82 Å². The van der Waals surface area contributed by atoms with E-state index in [0.717, 1.165) is 23.7 Å². The molecule has 0 aliphatic rings. The highest BCUT2D eigenvalue weighted by Crippen LogP contribution is 2.38. The number of rotatable bonds is 5. The molecule has 0 spiro atoms. The van der Waals surface area contributed by atoms with Crippen molar-refractivity contribution in [3.8, 4) is 0 Å². The molecule has 2 unspecified atom stereocenters. The Kier molecular flexibility index (Phi) is 4.91. The van der Waals surface area contributed by atoms with Crippen LogP contribution >= 0.6 is 9.24 Å². The van der Waals surface area contributed by atoms with Gasteiger partial charge in [-0.15, -0.1) is 9.24 Å². The Hall–Kier alpha value is -1.24. The Morgan fingerprint density at radius 1 is 1.10 bits per heavy atom. The average molecular weight is 289 g/mol. The molecule has 0 bridgehead atoms. The summed E-state index contributed by atoms with van der Waals surface area (Å²) in [4.78, 5) is 0. The third-order valence-electron chi connectivity index (χ3n) is 3.99. The van der Waals surface area contributed by atoms with Gasteiger partial charge in [-0.1, -0.05) is 43.3 Å². The molecule has 2 aromatic carbocycles. The van der Waals surface area contributed by atoms with E-state index in [0.29, 0.717) is 6.54 Å². The highest BCUT2D eigenvalue weighted by atomic mass is 31.0. The lowest BCUT2D eigenvalue weighted by Crippen LogP contribution is -2.30. The zero-order chi connectivity index (χ0) is 14.6. The van der Waals surface area contributed by atoms with Gasteiger partial charge in [0.05, 0.1) is 0 Å². The molecule has 3 heteroatoms. The molecule has 0 saturated carbocycles. The van der Waals surface area contributed by atoms with E-state index in [1.807, 2.05) is 18.2 Å². The number of halogens is 1. The van der Waals surface area contributed by atoms with E-state index in [1.54, 1.807) is 12.1 Å². The Bertz CT molecular complexity index is 537. The van der Waals surface area contributed by atoms with E-state index in [2.05, 4.69) is 28.3 Å². The van der Waals surface area contributed by atoms with Gasteiger partial charge in [-0.3, -0.25) is 0 Å². The van der Waals surface area contributed by atoms with Crippen molar-refractivity contribution in [2.75, 3.05) is 6.54 Å². The molecule has 0 aromatic heterocycles. The standard InChI is InChI=1S/C17H21FNP/c1-2-17(9-10-19,13-5-3-7-15(18)11-13)14-6-4-8-16(20)12-14/h3-8,11-12H,2,9-10,19-20H2,1H3. The zero-order valence-corrected chi connectivity index (χ0v) is 12.9. The van der Waals surface area contributed by atoms with Crippen LogP contribution in [0.1, 0.15) is 30.9 Å². The van der Waals surface area contributed by atoms with Crippen LogP contribution in [0.15, 0.2) is 48.5 Å². The summed E-state index contributed by atoms with van der Waals surface area (Å²) in [5.74, 6) is -0.195.